The van der Waals surface area contributed by atoms with Crippen LogP contribution in [0.1, 0.15) is 99.9 Å². The highest BCUT2D eigenvalue weighted by atomic mass is 16.2. The standard InChI is InChI=1S/C26H35N3O2.C23H29N3O2/c1-13-12-18(21-19(23(13)30)25(6,7)26(8,9)24(31)28-21)27-20-14(2)16(4)22(29(10)11)17(5)15(20)3;1-11-10-16(19-17(21(11)27)23(6,7)22(28)25-19)24-18-12(2)14(4)20(26(8)9)15(5)13(18)3/h12H,1-11H3,(H,28,31);10H,1-9H3,(H,25,28). The molecule has 10 nitrogen and oxygen atoms in total. The number of amides is 2. The van der Waals surface area contributed by atoms with Crippen LogP contribution >= 0.6 is 0 Å². The molecule has 2 aromatic carbocycles. The second kappa shape index (κ2) is 15.0. The molecule has 2 heterocycles. The minimum Gasteiger partial charge on any atom is -0.377 e. The molecular weight excluding hydrogens is 737 g/mol. The van der Waals surface area contributed by atoms with Gasteiger partial charge in [-0.2, -0.15) is 0 Å². The summed E-state index contributed by atoms with van der Waals surface area (Å²) in [5.41, 5.74) is 16.0. The number of carbonyl (C=O) groups excluding carboxylic acids is 4. The Kier molecular flexibility index (Phi) is 11.4. The molecule has 0 atom stereocenters. The van der Waals surface area contributed by atoms with E-state index in [-0.39, 0.29) is 23.4 Å². The van der Waals surface area contributed by atoms with Crippen LogP contribution in [0.15, 0.2) is 55.8 Å². The zero-order chi connectivity index (χ0) is 44.8. The number of hydrogen-bond acceptors (Lipinski definition) is 8. The molecule has 0 saturated heterocycles. The fourth-order valence-electron chi connectivity index (χ4n) is 8.90. The summed E-state index contributed by atoms with van der Waals surface area (Å²) in [5, 5.41) is 5.92. The van der Waals surface area contributed by atoms with Crippen molar-refractivity contribution in [3.63, 3.8) is 0 Å². The van der Waals surface area contributed by atoms with Crippen molar-refractivity contribution < 1.29 is 19.2 Å². The molecule has 2 aliphatic carbocycles. The summed E-state index contributed by atoms with van der Waals surface area (Å²) in [6, 6.07) is 0. The van der Waals surface area contributed by atoms with Crippen LogP contribution in [0.5, 0.6) is 0 Å². The second-order valence-corrected chi connectivity index (χ2v) is 18.8. The van der Waals surface area contributed by atoms with Crippen molar-refractivity contribution in [1.29, 1.82) is 0 Å². The summed E-state index contributed by atoms with van der Waals surface area (Å²) in [4.78, 5) is 65.7. The average Bonchev–Trinajstić information content (AvgIpc) is 3.37. The largest absolute Gasteiger partial charge is 0.377 e. The lowest BCUT2D eigenvalue weighted by Crippen LogP contribution is -2.55. The van der Waals surface area contributed by atoms with Gasteiger partial charge in [-0.3, -0.25) is 19.2 Å². The molecule has 10 heteroatoms. The molecule has 0 fully saturated rings. The SMILES string of the molecule is CC1=CC(=Nc2c(C)c(C)c(N(C)C)c(C)c2C)C2=C(C1=O)C(C)(C)C(=O)N2.CC1=CC(=Nc2c(C)c(C)c(N(C)C)c(C)c2C)C2=C(C1=O)C(C)(C)C(C)(C)C(=O)N2. The van der Waals surface area contributed by atoms with Gasteiger partial charge in [-0.25, -0.2) is 9.98 Å². The van der Waals surface area contributed by atoms with Crippen molar-refractivity contribution in [2.24, 2.45) is 26.2 Å². The average molecular weight is 801 g/mol. The summed E-state index contributed by atoms with van der Waals surface area (Å²) >= 11 is 0. The molecule has 0 saturated carbocycles. The Morgan fingerprint density at radius 1 is 0.458 bits per heavy atom. The summed E-state index contributed by atoms with van der Waals surface area (Å²) < 4.78 is 0. The second-order valence-electron chi connectivity index (χ2n) is 18.8. The maximum absolute atomic E-state index is 13.2. The van der Waals surface area contributed by atoms with Gasteiger partial charge in [-0.05, 0) is 151 Å². The van der Waals surface area contributed by atoms with Crippen LogP contribution in [0.4, 0.5) is 22.7 Å². The monoisotopic (exact) mass is 800 g/mol. The normalized spacial score (nSPS) is 20.5. The van der Waals surface area contributed by atoms with E-state index in [0.717, 1.165) is 33.6 Å². The number of benzene rings is 2. The first-order valence-electron chi connectivity index (χ1n) is 20.4. The molecular formula is C49H64N6O4. The zero-order valence-corrected chi connectivity index (χ0v) is 39.1. The maximum Gasteiger partial charge on any atom is 0.234 e. The van der Waals surface area contributed by atoms with Crippen molar-refractivity contribution in [3.05, 3.63) is 90.3 Å². The lowest BCUT2D eigenvalue weighted by Gasteiger charge is -2.47. The van der Waals surface area contributed by atoms with E-state index in [1.165, 1.54) is 33.6 Å². The first kappa shape index (κ1) is 44.7. The molecule has 0 bridgehead atoms. The van der Waals surface area contributed by atoms with Crippen LogP contribution < -0.4 is 20.4 Å². The lowest BCUT2D eigenvalue weighted by atomic mass is 9.58. The number of carbonyl (C=O) groups is 4. The molecule has 0 spiro atoms. The van der Waals surface area contributed by atoms with Gasteiger partial charge in [0, 0.05) is 56.1 Å². The topological polar surface area (TPSA) is 124 Å². The summed E-state index contributed by atoms with van der Waals surface area (Å²) in [6.07, 6.45) is 3.59. The highest BCUT2D eigenvalue weighted by molar-refractivity contribution is 6.30. The van der Waals surface area contributed by atoms with E-state index in [2.05, 4.69) is 89.9 Å². The summed E-state index contributed by atoms with van der Waals surface area (Å²) in [5.74, 6) is -0.351. The van der Waals surface area contributed by atoms with Crippen LogP contribution in [0, 0.1) is 71.6 Å². The molecule has 314 valence electrons. The van der Waals surface area contributed by atoms with Gasteiger partial charge in [-0.15, -0.1) is 0 Å². The Labute approximate surface area is 351 Å². The number of rotatable bonds is 4. The number of nitrogens with one attached hydrogen (secondary N) is 2. The van der Waals surface area contributed by atoms with E-state index >= 15 is 0 Å². The molecule has 0 unspecified atom stereocenters. The van der Waals surface area contributed by atoms with Crippen LogP contribution in [0.2, 0.25) is 0 Å². The van der Waals surface area contributed by atoms with E-state index in [0.29, 0.717) is 45.1 Å². The minimum absolute atomic E-state index is 0.0178. The molecule has 2 N–H and O–H groups in total. The van der Waals surface area contributed by atoms with Gasteiger partial charge in [0.1, 0.15) is 0 Å². The highest BCUT2D eigenvalue weighted by Gasteiger charge is 2.53. The van der Waals surface area contributed by atoms with Gasteiger partial charge in [0.05, 0.1) is 45.0 Å². The number of allylic oxidation sites excluding steroid dienone is 5. The Hall–Kier alpha value is -5.38. The maximum atomic E-state index is 13.2. The van der Waals surface area contributed by atoms with E-state index in [4.69, 9.17) is 9.98 Å². The number of Topliss-reactive ketones (excluding diaryl/α,β-unsaturated/α-hetero) is 2. The third kappa shape index (κ3) is 6.92. The van der Waals surface area contributed by atoms with Crippen molar-refractivity contribution in [1.82, 2.24) is 10.6 Å². The highest BCUT2D eigenvalue weighted by Crippen LogP contribution is 2.51. The number of ketones is 2. The van der Waals surface area contributed by atoms with Gasteiger partial charge in [-0.1, -0.05) is 27.7 Å². The third-order valence-electron chi connectivity index (χ3n) is 13.8. The molecule has 4 aliphatic rings. The number of anilines is 2. The quantitative estimate of drug-likeness (QED) is 0.298. The van der Waals surface area contributed by atoms with Crippen LogP contribution in [-0.2, 0) is 19.2 Å². The lowest BCUT2D eigenvalue weighted by molar-refractivity contribution is -0.135. The smallest absolute Gasteiger partial charge is 0.234 e. The Bertz CT molecular complexity index is 2420. The van der Waals surface area contributed by atoms with Crippen molar-refractivity contribution >= 4 is 57.6 Å². The molecule has 0 aromatic heterocycles. The van der Waals surface area contributed by atoms with Crippen molar-refractivity contribution in [2.75, 3.05) is 38.0 Å². The zero-order valence-electron chi connectivity index (χ0n) is 39.1. The van der Waals surface area contributed by atoms with E-state index < -0.39 is 16.2 Å². The molecule has 0 radical (unpaired) electrons. The van der Waals surface area contributed by atoms with Gasteiger partial charge >= 0.3 is 0 Å². The number of hydrogen-bond donors (Lipinski definition) is 2. The fourth-order valence-corrected chi connectivity index (χ4v) is 8.90. The molecule has 59 heavy (non-hydrogen) atoms. The summed E-state index contributed by atoms with van der Waals surface area (Å²) in [6.45, 7) is 31.7. The van der Waals surface area contributed by atoms with Gasteiger partial charge in [0.15, 0.2) is 11.6 Å². The van der Waals surface area contributed by atoms with E-state index in [9.17, 15) is 19.2 Å². The van der Waals surface area contributed by atoms with Crippen LogP contribution in [0.25, 0.3) is 0 Å². The number of aliphatic imine (C=N–C) groups is 2. The minimum atomic E-state index is -0.854. The van der Waals surface area contributed by atoms with Crippen LogP contribution in [-0.4, -0.2) is 63.0 Å². The fraction of sp³-hybridized carbons (Fsp3) is 0.469. The Morgan fingerprint density at radius 2 is 0.780 bits per heavy atom. The van der Waals surface area contributed by atoms with Gasteiger partial charge in [0.2, 0.25) is 11.8 Å². The Morgan fingerprint density at radius 3 is 1.14 bits per heavy atom. The van der Waals surface area contributed by atoms with Gasteiger partial charge < -0.3 is 20.4 Å². The van der Waals surface area contributed by atoms with Gasteiger partial charge in [0.25, 0.3) is 0 Å². The predicted molar refractivity (Wildman–Crippen MR) is 243 cm³/mol. The molecule has 2 aliphatic heterocycles. The molecule has 2 amide bonds. The van der Waals surface area contributed by atoms with Crippen LogP contribution in [0.3, 0.4) is 0 Å². The third-order valence-corrected chi connectivity index (χ3v) is 13.8. The first-order valence-corrected chi connectivity index (χ1v) is 20.4. The molecule has 6 rings (SSSR count). The van der Waals surface area contributed by atoms with E-state index in [1.54, 1.807) is 32.9 Å². The molecule has 2 aromatic rings. The summed E-state index contributed by atoms with van der Waals surface area (Å²) in [7, 11) is 8.20. The first-order chi connectivity index (χ1) is 27.0. The predicted octanol–water partition coefficient (Wildman–Crippen LogP) is 9.02. The Balaban J connectivity index is 0.000000225. The van der Waals surface area contributed by atoms with Crippen molar-refractivity contribution in [2.45, 2.75) is 111 Å². The van der Waals surface area contributed by atoms with Crippen molar-refractivity contribution in [3.8, 4) is 0 Å². The number of nitrogens with zero attached hydrogens (tertiary/aromatic N) is 4. The van der Waals surface area contributed by atoms with E-state index in [1.807, 2.05) is 48.7 Å².